The van der Waals surface area contributed by atoms with E-state index in [1.54, 1.807) is 0 Å². The number of hydrogen-bond donors (Lipinski definition) is 0. The first-order chi connectivity index (χ1) is 30.3. The molecule has 62 heavy (non-hydrogen) atoms. The lowest BCUT2D eigenvalue weighted by Gasteiger charge is -2.18. The van der Waals surface area contributed by atoms with Crippen molar-refractivity contribution in [3.8, 4) is 0 Å². The van der Waals surface area contributed by atoms with E-state index in [1.807, 2.05) is 0 Å². The molecule has 0 aliphatic carbocycles. The molecule has 0 aromatic rings. The van der Waals surface area contributed by atoms with Crippen molar-refractivity contribution in [3.63, 3.8) is 0 Å². The van der Waals surface area contributed by atoms with Crippen molar-refractivity contribution in [2.24, 2.45) is 11.8 Å². The summed E-state index contributed by atoms with van der Waals surface area (Å²) < 4.78 is 16.8. The van der Waals surface area contributed by atoms with E-state index in [9.17, 15) is 14.4 Å². The van der Waals surface area contributed by atoms with Crippen molar-refractivity contribution in [3.05, 3.63) is 0 Å². The Labute approximate surface area is 387 Å². The molecule has 0 aromatic carbocycles. The van der Waals surface area contributed by atoms with Crippen LogP contribution in [0.1, 0.15) is 311 Å². The molecule has 0 heterocycles. The lowest BCUT2D eigenvalue weighted by atomic mass is 10.00. The van der Waals surface area contributed by atoms with Gasteiger partial charge < -0.3 is 14.2 Å². The molecule has 0 N–H and O–H groups in total. The van der Waals surface area contributed by atoms with E-state index >= 15 is 0 Å². The van der Waals surface area contributed by atoms with Gasteiger partial charge >= 0.3 is 17.9 Å². The molecule has 6 nitrogen and oxygen atoms in total. The SMILES string of the molecule is CCCCCCCCCCCCCCCCCCCCC(=O)OC[C@H](COC(=O)CCCCCCCCCCCCCCCC(C)C)OC(=O)CCCCCCCCC(C)CC. The number of unbranched alkanes of at least 4 members (excludes halogenated alkanes) is 34. The van der Waals surface area contributed by atoms with Crippen molar-refractivity contribution in [1.29, 1.82) is 0 Å². The highest BCUT2D eigenvalue weighted by Crippen LogP contribution is 2.18. The van der Waals surface area contributed by atoms with Crippen LogP contribution in [-0.2, 0) is 28.6 Å². The van der Waals surface area contributed by atoms with Crippen molar-refractivity contribution >= 4 is 17.9 Å². The van der Waals surface area contributed by atoms with Crippen LogP contribution in [0.3, 0.4) is 0 Å². The van der Waals surface area contributed by atoms with E-state index in [2.05, 4.69) is 34.6 Å². The van der Waals surface area contributed by atoms with Crippen molar-refractivity contribution in [1.82, 2.24) is 0 Å². The minimum atomic E-state index is -0.763. The normalized spacial score (nSPS) is 12.5. The topological polar surface area (TPSA) is 78.9 Å². The molecular weight excluding hydrogens is 769 g/mol. The fourth-order valence-electron chi connectivity index (χ4n) is 8.49. The average molecular weight is 877 g/mol. The molecule has 0 bridgehead atoms. The number of esters is 3. The van der Waals surface area contributed by atoms with Gasteiger partial charge in [0.05, 0.1) is 0 Å². The smallest absolute Gasteiger partial charge is 0.306 e. The molecule has 0 radical (unpaired) electrons. The van der Waals surface area contributed by atoms with Crippen LogP contribution < -0.4 is 0 Å². The average Bonchev–Trinajstić information content (AvgIpc) is 3.26. The Morgan fingerprint density at radius 2 is 0.613 bits per heavy atom. The lowest BCUT2D eigenvalue weighted by Crippen LogP contribution is -2.30. The predicted molar refractivity (Wildman–Crippen MR) is 266 cm³/mol. The van der Waals surface area contributed by atoms with Crippen molar-refractivity contribution < 1.29 is 28.6 Å². The third-order valence-corrected chi connectivity index (χ3v) is 13.1. The number of carbonyl (C=O) groups excluding carboxylic acids is 3. The summed E-state index contributed by atoms with van der Waals surface area (Å²) in [5.74, 6) is 0.802. The molecule has 0 amide bonds. The summed E-state index contributed by atoms with van der Waals surface area (Å²) in [6, 6.07) is 0. The van der Waals surface area contributed by atoms with E-state index in [1.165, 1.54) is 199 Å². The van der Waals surface area contributed by atoms with Gasteiger partial charge in [-0.2, -0.15) is 0 Å². The summed E-state index contributed by atoms with van der Waals surface area (Å²) in [7, 11) is 0. The van der Waals surface area contributed by atoms with Crippen molar-refractivity contribution in [2.45, 2.75) is 317 Å². The molecule has 0 rings (SSSR count). The van der Waals surface area contributed by atoms with Crippen LogP contribution in [0.25, 0.3) is 0 Å². The van der Waals surface area contributed by atoms with Gasteiger partial charge in [-0.1, -0.05) is 272 Å². The summed E-state index contributed by atoms with van der Waals surface area (Å²) in [6.07, 6.45) is 51.0. The molecule has 0 aliphatic heterocycles. The maximum Gasteiger partial charge on any atom is 0.306 e. The highest BCUT2D eigenvalue weighted by atomic mass is 16.6. The molecule has 1 unspecified atom stereocenters. The highest BCUT2D eigenvalue weighted by Gasteiger charge is 2.19. The zero-order chi connectivity index (χ0) is 45.4. The van der Waals surface area contributed by atoms with E-state index in [-0.39, 0.29) is 31.1 Å². The maximum absolute atomic E-state index is 12.8. The van der Waals surface area contributed by atoms with Crippen LogP contribution in [0.4, 0.5) is 0 Å². The van der Waals surface area contributed by atoms with Crippen LogP contribution >= 0.6 is 0 Å². The fourth-order valence-corrected chi connectivity index (χ4v) is 8.49. The minimum absolute atomic E-state index is 0.0641. The van der Waals surface area contributed by atoms with Gasteiger partial charge in [-0.3, -0.25) is 14.4 Å². The second-order valence-electron chi connectivity index (χ2n) is 19.9. The van der Waals surface area contributed by atoms with Crippen LogP contribution in [0.5, 0.6) is 0 Å². The van der Waals surface area contributed by atoms with Crippen LogP contribution in [-0.4, -0.2) is 37.2 Å². The lowest BCUT2D eigenvalue weighted by molar-refractivity contribution is -0.167. The van der Waals surface area contributed by atoms with Crippen LogP contribution in [0.15, 0.2) is 0 Å². The summed E-state index contributed by atoms with van der Waals surface area (Å²) >= 11 is 0. The number of ether oxygens (including phenoxy) is 3. The van der Waals surface area contributed by atoms with E-state index in [4.69, 9.17) is 14.2 Å². The largest absolute Gasteiger partial charge is 0.462 e. The van der Waals surface area contributed by atoms with Gasteiger partial charge in [0.1, 0.15) is 13.2 Å². The van der Waals surface area contributed by atoms with Gasteiger partial charge in [-0.05, 0) is 31.1 Å². The fraction of sp³-hybridized carbons (Fsp3) is 0.946. The molecule has 0 spiro atoms. The number of hydrogen-bond acceptors (Lipinski definition) is 6. The Morgan fingerprint density at radius 1 is 0.339 bits per heavy atom. The molecule has 368 valence electrons. The standard InChI is InChI=1S/C56H108O6/c1-6-8-9-10-11-12-13-14-15-16-17-18-21-24-27-30-36-41-46-54(57)60-49-53(62-56(59)48-43-38-33-32-35-40-45-52(5)7-2)50-61-55(58)47-42-37-31-28-25-22-19-20-23-26-29-34-39-44-51(3)4/h51-53H,6-50H2,1-5H3/t52?,53-/m1/s1. The van der Waals surface area contributed by atoms with Gasteiger partial charge in [0, 0.05) is 19.3 Å². The van der Waals surface area contributed by atoms with Gasteiger partial charge in [0.2, 0.25) is 0 Å². The molecule has 0 aliphatic rings. The number of rotatable bonds is 50. The Morgan fingerprint density at radius 3 is 0.919 bits per heavy atom. The van der Waals surface area contributed by atoms with Gasteiger partial charge in [0.15, 0.2) is 6.10 Å². The Bertz CT molecular complexity index is 949. The predicted octanol–water partition coefficient (Wildman–Crippen LogP) is 18.1. The molecule has 0 aromatic heterocycles. The molecule has 0 saturated carbocycles. The molecular formula is C56H108O6. The maximum atomic E-state index is 12.8. The van der Waals surface area contributed by atoms with Crippen LogP contribution in [0.2, 0.25) is 0 Å². The van der Waals surface area contributed by atoms with E-state index < -0.39 is 6.10 Å². The molecule has 6 heteroatoms. The molecule has 0 saturated heterocycles. The highest BCUT2D eigenvalue weighted by molar-refractivity contribution is 5.71. The van der Waals surface area contributed by atoms with E-state index in [0.717, 1.165) is 69.6 Å². The zero-order valence-corrected chi connectivity index (χ0v) is 42.5. The summed E-state index contributed by atoms with van der Waals surface area (Å²) in [4.78, 5) is 38.0. The van der Waals surface area contributed by atoms with E-state index in [0.29, 0.717) is 19.3 Å². The Kier molecular flexibility index (Phi) is 47.6. The number of carbonyl (C=O) groups is 3. The third-order valence-electron chi connectivity index (χ3n) is 13.1. The molecule has 2 atom stereocenters. The monoisotopic (exact) mass is 877 g/mol. The van der Waals surface area contributed by atoms with Gasteiger partial charge in [0.25, 0.3) is 0 Å². The first kappa shape index (κ1) is 60.4. The first-order valence-corrected chi connectivity index (χ1v) is 27.8. The van der Waals surface area contributed by atoms with Gasteiger partial charge in [-0.25, -0.2) is 0 Å². The third kappa shape index (κ3) is 47.9. The Hall–Kier alpha value is -1.59. The minimum Gasteiger partial charge on any atom is -0.462 e. The van der Waals surface area contributed by atoms with Crippen LogP contribution in [0, 0.1) is 11.8 Å². The quantitative estimate of drug-likeness (QED) is 0.0344. The first-order valence-electron chi connectivity index (χ1n) is 27.8. The summed E-state index contributed by atoms with van der Waals surface area (Å²) in [6.45, 7) is 11.4. The van der Waals surface area contributed by atoms with Gasteiger partial charge in [-0.15, -0.1) is 0 Å². The summed E-state index contributed by atoms with van der Waals surface area (Å²) in [5, 5.41) is 0. The molecule has 0 fully saturated rings. The zero-order valence-electron chi connectivity index (χ0n) is 42.5. The second kappa shape index (κ2) is 48.9. The second-order valence-corrected chi connectivity index (χ2v) is 19.9. The summed E-state index contributed by atoms with van der Waals surface area (Å²) in [5.41, 5.74) is 0. The Balaban J connectivity index is 4.24. The van der Waals surface area contributed by atoms with Crippen molar-refractivity contribution in [2.75, 3.05) is 13.2 Å².